The van der Waals surface area contributed by atoms with Crippen molar-refractivity contribution in [3.63, 3.8) is 0 Å². The highest BCUT2D eigenvalue weighted by molar-refractivity contribution is 9.10. The number of hydrogen-bond acceptors (Lipinski definition) is 3. The summed E-state index contributed by atoms with van der Waals surface area (Å²) in [7, 11) is 0. The molecule has 20 heavy (non-hydrogen) atoms. The van der Waals surface area contributed by atoms with E-state index in [1.807, 2.05) is 0 Å². The third kappa shape index (κ3) is 3.06. The van der Waals surface area contributed by atoms with Gasteiger partial charge >= 0.3 is 12.1 Å². The molecule has 110 valence electrons. The summed E-state index contributed by atoms with van der Waals surface area (Å²) < 4.78 is 44.6. The molecule has 0 saturated carbocycles. The Morgan fingerprint density at radius 1 is 1.45 bits per heavy atom. The van der Waals surface area contributed by atoms with Gasteiger partial charge in [-0.05, 0) is 18.2 Å². The van der Waals surface area contributed by atoms with Crippen LogP contribution in [-0.4, -0.2) is 36.9 Å². The molecule has 1 aliphatic rings. The number of carboxylic acids is 1. The summed E-state index contributed by atoms with van der Waals surface area (Å²) in [5.74, 6) is -1.21. The van der Waals surface area contributed by atoms with Crippen LogP contribution in [0.2, 0.25) is 0 Å². The van der Waals surface area contributed by atoms with Gasteiger partial charge in [0.15, 0.2) is 6.04 Å². The van der Waals surface area contributed by atoms with Crippen molar-refractivity contribution < 1.29 is 27.8 Å². The zero-order valence-electron chi connectivity index (χ0n) is 10.2. The van der Waals surface area contributed by atoms with Crippen LogP contribution in [0.4, 0.5) is 18.9 Å². The third-order valence-electron chi connectivity index (χ3n) is 2.99. The van der Waals surface area contributed by atoms with E-state index in [9.17, 15) is 18.0 Å². The number of benzene rings is 1. The lowest BCUT2D eigenvalue weighted by Gasteiger charge is -2.36. The molecule has 1 N–H and O–H groups in total. The normalized spacial score (nSPS) is 20.0. The maximum atomic E-state index is 13.1. The lowest BCUT2D eigenvalue weighted by molar-refractivity contribution is -0.142. The minimum atomic E-state index is -4.56. The summed E-state index contributed by atoms with van der Waals surface area (Å²) in [6.45, 7) is 0.154. The first-order valence-corrected chi connectivity index (χ1v) is 6.54. The van der Waals surface area contributed by atoms with Gasteiger partial charge in [0.25, 0.3) is 0 Å². The van der Waals surface area contributed by atoms with E-state index in [1.54, 1.807) is 0 Å². The van der Waals surface area contributed by atoms with Gasteiger partial charge in [0, 0.05) is 16.7 Å². The molecule has 1 saturated heterocycles. The molecule has 0 bridgehead atoms. The van der Waals surface area contributed by atoms with Crippen LogP contribution in [0, 0.1) is 0 Å². The maximum absolute atomic E-state index is 13.1. The number of ether oxygens (including phenoxy) is 1. The Kier molecular flexibility index (Phi) is 4.24. The van der Waals surface area contributed by atoms with Gasteiger partial charge in [0.05, 0.1) is 18.8 Å². The van der Waals surface area contributed by atoms with E-state index in [-0.39, 0.29) is 29.9 Å². The lowest BCUT2D eigenvalue weighted by atomic mass is 10.1. The minimum absolute atomic E-state index is 0.0989. The summed E-state index contributed by atoms with van der Waals surface area (Å²) in [4.78, 5) is 12.4. The molecule has 1 fully saturated rings. The molecular formula is C12H11BrF3NO3. The van der Waals surface area contributed by atoms with E-state index in [0.717, 1.165) is 6.07 Å². The van der Waals surface area contributed by atoms with Gasteiger partial charge in [0.2, 0.25) is 0 Å². The van der Waals surface area contributed by atoms with Crippen molar-refractivity contribution in [2.24, 2.45) is 0 Å². The van der Waals surface area contributed by atoms with Gasteiger partial charge in [0.1, 0.15) is 0 Å². The molecule has 0 amide bonds. The standard InChI is InChI=1S/C12H11BrF3NO3/c13-7-1-2-9(8(5-7)12(14,15)16)17-3-4-20-6-10(17)11(18)19/h1-2,5,10H,3-4,6H2,(H,18,19). The highest BCUT2D eigenvalue weighted by Crippen LogP contribution is 2.39. The molecule has 1 heterocycles. The first-order chi connectivity index (χ1) is 9.30. The lowest BCUT2D eigenvalue weighted by Crippen LogP contribution is -2.50. The fraction of sp³-hybridized carbons (Fsp3) is 0.417. The summed E-state index contributed by atoms with van der Waals surface area (Å²) in [6.07, 6.45) is -4.56. The van der Waals surface area contributed by atoms with Gasteiger partial charge in [-0.15, -0.1) is 0 Å². The Labute approximate surface area is 121 Å². The van der Waals surface area contributed by atoms with Crippen molar-refractivity contribution in [3.8, 4) is 0 Å². The van der Waals surface area contributed by atoms with Crippen LogP contribution in [-0.2, 0) is 15.7 Å². The number of morpholine rings is 1. The van der Waals surface area contributed by atoms with E-state index < -0.39 is 23.8 Å². The number of hydrogen-bond donors (Lipinski definition) is 1. The van der Waals surface area contributed by atoms with Gasteiger partial charge in [-0.2, -0.15) is 13.2 Å². The van der Waals surface area contributed by atoms with Gasteiger partial charge in [-0.25, -0.2) is 4.79 Å². The second-order valence-corrected chi connectivity index (χ2v) is 5.20. The van der Waals surface area contributed by atoms with Crippen LogP contribution in [0.25, 0.3) is 0 Å². The van der Waals surface area contributed by atoms with Crippen LogP contribution >= 0.6 is 15.9 Å². The summed E-state index contributed by atoms with van der Waals surface area (Å²) in [5, 5.41) is 9.11. The number of aliphatic carboxylic acids is 1. The number of anilines is 1. The summed E-state index contributed by atoms with van der Waals surface area (Å²) in [6, 6.07) is 2.56. The Morgan fingerprint density at radius 3 is 2.75 bits per heavy atom. The highest BCUT2D eigenvalue weighted by atomic mass is 79.9. The first kappa shape index (κ1) is 15.1. The monoisotopic (exact) mass is 353 g/mol. The number of carboxylic acid groups (broad SMARTS) is 1. The van der Waals surface area contributed by atoms with Crippen molar-refractivity contribution in [2.45, 2.75) is 12.2 Å². The first-order valence-electron chi connectivity index (χ1n) is 5.74. The molecule has 0 aliphatic carbocycles. The van der Waals surface area contributed by atoms with Crippen molar-refractivity contribution >= 4 is 27.6 Å². The predicted octanol–water partition coefficient (Wildman–Crippen LogP) is 2.76. The quantitative estimate of drug-likeness (QED) is 0.888. The number of alkyl halides is 3. The van der Waals surface area contributed by atoms with Gasteiger partial charge < -0.3 is 14.7 Å². The average molecular weight is 354 g/mol. The summed E-state index contributed by atoms with van der Waals surface area (Å²) in [5.41, 5.74) is -1.00. The van der Waals surface area contributed by atoms with Crippen LogP contribution in [0.3, 0.4) is 0 Å². The van der Waals surface area contributed by atoms with E-state index in [4.69, 9.17) is 9.84 Å². The molecule has 1 aromatic carbocycles. The fourth-order valence-corrected chi connectivity index (χ4v) is 2.44. The molecule has 1 unspecified atom stereocenters. The van der Waals surface area contributed by atoms with Crippen molar-refractivity contribution in [3.05, 3.63) is 28.2 Å². The maximum Gasteiger partial charge on any atom is 0.418 e. The Morgan fingerprint density at radius 2 is 2.15 bits per heavy atom. The average Bonchev–Trinajstić information content (AvgIpc) is 2.37. The number of rotatable bonds is 2. The molecule has 1 atom stereocenters. The predicted molar refractivity (Wildman–Crippen MR) is 68.7 cm³/mol. The number of nitrogens with zero attached hydrogens (tertiary/aromatic N) is 1. The molecule has 0 radical (unpaired) electrons. The minimum Gasteiger partial charge on any atom is -0.480 e. The zero-order chi connectivity index (χ0) is 14.9. The molecule has 8 heteroatoms. The third-order valence-corrected chi connectivity index (χ3v) is 3.48. The molecule has 0 spiro atoms. The van der Waals surface area contributed by atoms with Crippen LogP contribution in [0.1, 0.15) is 5.56 Å². The molecule has 1 aliphatic heterocycles. The Bertz CT molecular complexity index is 521. The van der Waals surface area contributed by atoms with Crippen molar-refractivity contribution in [1.82, 2.24) is 0 Å². The Balaban J connectivity index is 2.47. The van der Waals surface area contributed by atoms with E-state index in [1.165, 1.54) is 17.0 Å². The largest absolute Gasteiger partial charge is 0.480 e. The van der Waals surface area contributed by atoms with E-state index in [2.05, 4.69) is 15.9 Å². The summed E-state index contributed by atoms with van der Waals surface area (Å²) >= 11 is 3.00. The van der Waals surface area contributed by atoms with Crippen molar-refractivity contribution in [1.29, 1.82) is 0 Å². The molecule has 1 aromatic rings. The molecule has 0 aromatic heterocycles. The smallest absolute Gasteiger partial charge is 0.418 e. The van der Waals surface area contributed by atoms with E-state index in [0.29, 0.717) is 0 Å². The van der Waals surface area contributed by atoms with Crippen LogP contribution in [0.15, 0.2) is 22.7 Å². The fourth-order valence-electron chi connectivity index (χ4n) is 2.08. The molecular weight excluding hydrogens is 343 g/mol. The second-order valence-electron chi connectivity index (χ2n) is 4.28. The van der Waals surface area contributed by atoms with E-state index >= 15 is 0 Å². The number of halogens is 4. The molecule has 4 nitrogen and oxygen atoms in total. The number of carbonyl (C=O) groups is 1. The SMILES string of the molecule is O=C(O)C1COCCN1c1ccc(Br)cc1C(F)(F)F. The van der Waals surface area contributed by atoms with Crippen LogP contribution in [0.5, 0.6) is 0 Å². The highest BCUT2D eigenvalue weighted by Gasteiger charge is 2.38. The van der Waals surface area contributed by atoms with Crippen LogP contribution < -0.4 is 4.90 Å². The molecule has 2 rings (SSSR count). The van der Waals surface area contributed by atoms with Gasteiger partial charge in [-0.3, -0.25) is 0 Å². The zero-order valence-corrected chi connectivity index (χ0v) is 11.7. The Hall–Kier alpha value is -1.28. The second kappa shape index (κ2) is 5.61. The topological polar surface area (TPSA) is 49.8 Å². The van der Waals surface area contributed by atoms with Crippen molar-refractivity contribution in [2.75, 3.05) is 24.7 Å². The van der Waals surface area contributed by atoms with Gasteiger partial charge in [-0.1, -0.05) is 15.9 Å².